The molecule has 72 valence electrons. The SMILES string of the molecule is CC(CCI)OC1CCCCO1. The van der Waals surface area contributed by atoms with Gasteiger partial charge in [-0.25, -0.2) is 0 Å². The fourth-order valence-electron chi connectivity index (χ4n) is 1.30. The first-order valence-electron chi connectivity index (χ1n) is 4.66. The van der Waals surface area contributed by atoms with Gasteiger partial charge >= 0.3 is 0 Å². The maximum atomic E-state index is 5.70. The number of rotatable bonds is 4. The van der Waals surface area contributed by atoms with Gasteiger partial charge in [-0.3, -0.25) is 0 Å². The van der Waals surface area contributed by atoms with Crippen molar-refractivity contribution in [3.05, 3.63) is 0 Å². The normalized spacial score (nSPS) is 27.0. The Morgan fingerprint density at radius 2 is 2.42 bits per heavy atom. The molecular weight excluding hydrogens is 267 g/mol. The van der Waals surface area contributed by atoms with Crippen molar-refractivity contribution in [3.63, 3.8) is 0 Å². The molecule has 2 nitrogen and oxygen atoms in total. The van der Waals surface area contributed by atoms with Gasteiger partial charge in [-0.05, 0) is 32.6 Å². The molecule has 0 bridgehead atoms. The molecule has 0 spiro atoms. The zero-order chi connectivity index (χ0) is 8.81. The summed E-state index contributed by atoms with van der Waals surface area (Å²) in [7, 11) is 0. The van der Waals surface area contributed by atoms with Gasteiger partial charge in [-0.1, -0.05) is 22.6 Å². The predicted octanol–water partition coefficient (Wildman–Crippen LogP) is 2.74. The van der Waals surface area contributed by atoms with Gasteiger partial charge in [-0.2, -0.15) is 0 Å². The van der Waals surface area contributed by atoms with E-state index >= 15 is 0 Å². The van der Waals surface area contributed by atoms with Gasteiger partial charge in [0.05, 0.1) is 6.10 Å². The Morgan fingerprint density at radius 3 is 3.00 bits per heavy atom. The van der Waals surface area contributed by atoms with Gasteiger partial charge < -0.3 is 9.47 Å². The summed E-state index contributed by atoms with van der Waals surface area (Å²) in [5, 5.41) is 0. The lowest BCUT2D eigenvalue weighted by atomic mass is 10.2. The summed E-state index contributed by atoms with van der Waals surface area (Å²) in [5.41, 5.74) is 0. The van der Waals surface area contributed by atoms with Crippen molar-refractivity contribution < 1.29 is 9.47 Å². The Labute approximate surface area is 88.1 Å². The van der Waals surface area contributed by atoms with Gasteiger partial charge in [0, 0.05) is 11.0 Å². The molecule has 1 aliphatic rings. The average molecular weight is 284 g/mol. The van der Waals surface area contributed by atoms with Crippen molar-refractivity contribution in [2.24, 2.45) is 0 Å². The van der Waals surface area contributed by atoms with E-state index < -0.39 is 0 Å². The van der Waals surface area contributed by atoms with Gasteiger partial charge in [0.25, 0.3) is 0 Å². The Hall–Kier alpha value is 0.650. The third-order valence-electron chi connectivity index (χ3n) is 2.04. The van der Waals surface area contributed by atoms with Gasteiger partial charge in [0.15, 0.2) is 6.29 Å². The average Bonchev–Trinajstić information content (AvgIpc) is 2.06. The molecule has 3 heteroatoms. The molecule has 2 atom stereocenters. The van der Waals surface area contributed by atoms with Crippen molar-refractivity contribution in [1.82, 2.24) is 0 Å². The van der Waals surface area contributed by atoms with Gasteiger partial charge in [-0.15, -0.1) is 0 Å². The quantitative estimate of drug-likeness (QED) is 0.584. The second kappa shape index (κ2) is 6.16. The minimum Gasteiger partial charge on any atom is -0.353 e. The standard InChI is InChI=1S/C9H17IO2/c1-8(5-6-10)12-9-4-2-3-7-11-9/h8-9H,2-7H2,1H3. The predicted molar refractivity (Wildman–Crippen MR) is 57.6 cm³/mol. The summed E-state index contributed by atoms with van der Waals surface area (Å²) in [5.74, 6) is 0. The van der Waals surface area contributed by atoms with Crippen LogP contribution in [0.5, 0.6) is 0 Å². The molecule has 1 aliphatic heterocycles. The zero-order valence-corrected chi connectivity index (χ0v) is 9.75. The second-order valence-electron chi connectivity index (χ2n) is 3.22. The summed E-state index contributed by atoms with van der Waals surface area (Å²) in [6, 6.07) is 0. The highest BCUT2D eigenvalue weighted by atomic mass is 127. The van der Waals surface area contributed by atoms with Crippen LogP contribution in [0.2, 0.25) is 0 Å². The molecule has 0 aliphatic carbocycles. The minimum absolute atomic E-state index is 0.0803. The van der Waals surface area contributed by atoms with Crippen LogP contribution in [0.3, 0.4) is 0 Å². The Kier molecular flexibility index (Phi) is 5.50. The molecular formula is C9H17IO2. The van der Waals surface area contributed by atoms with E-state index in [1.165, 1.54) is 12.8 Å². The maximum Gasteiger partial charge on any atom is 0.157 e. The maximum absolute atomic E-state index is 5.70. The topological polar surface area (TPSA) is 18.5 Å². The molecule has 1 saturated heterocycles. The van der Waals surface area contributed by atoms with Crippen molar-refractivity contribution in [2.45, 2.75) is 45.0 Å². The molecule has 2 unspecified atom stereocenters. The van der Waals surface area contributed by atoms with Gasteiger partial charge in [0.1, 0.15) is 0 Å². The molecule has 0 N–H and O–H groups in total. The summed E-state index contributed by atoms with van der Waals surface area (Å²) < 4.78 is 12.3. The van der Waals surface area contributed by atoms with E-state index in [2.05, 4.69) is 29.5 Å². The van der Waals surface area contributed by atoms with Crippen LogP contribution in [0.15, 0.2) is 0 Å². The monoisotopic (exact) mass is 284 g/mol. The number of ether oxygens (including phenoxy) is 2. The van der Waals surface area contributed by atoms with E-state index in [9.17, 15) is 0 Å². The molecule has 0 amide bonds. The largest absolute Gasteiger partial charge is 0.353 e. The van der Waals surface area contributed by atoms with Gasteiger partial charge in [0.2, 0.25) is 0 Å². The Balaban J connectivity index is 2.11. The van der Waals surface area contributed by atoms with E-state index in [-0.39, 0.29) is 6.29 Å². The van der Waals surface area contributed by atoms with Crippen LogP contribution < -0.4 is 0 Å². The molecule has 1 heterocycles. The highest BCUT2D eigenvalue weighted by molar-refractivity contribution is 14.1. The third kappa shape index (κ3) is 4.05. The van der Waals surface area contributed by atoms with Crippen LogP contribution in [-0.2, 0) is 9.47 Å². The fourth-order valence-corrected chi connectivity index (χ4v) is 2.18. The summed E-state index contributed by atoms with van der Waals surface area (Å²) in [6.45, 7) is 3.00. The summed E-state index contributed by atoms with van der Waals surface area (Å²) in [6.07, 6.45) is 5.08. The first-order valence-corrected chi connectivity index (χ1v) is 6.18. The molecule has 12 heavy (non-hydrogen) atoms. The molecule has 0 aromatic carbocycles. The highest BCUT2D eigenvalue weighted by Crippen LogP contribution is 2.16. The molecule has 1 fully saturated rings. The zero-order valence-electron chi connectivity index (χ0n) is 7.59. The molecule has 0 saturated carbocycles. The lowest BCUT2D eigenvalue weighted by molar-refractivity contribution is -0.184. The van der Waals surface area contributed by atoms with E-state index in [1.54, 1.807) is 0 Å². The first kappa shape index (κ1) is 10.7. The van der Waals surface area contributed by atoms with Crippen LogP contribution >= 0.6 is 22.6 Å². The number of hydrogen-bond donors (Lipinski definition) is 0. The Morgan fingerprint density at radius 1 is 1.58 bits per heavy atom. The molecule has 1 rings (SSSR count). The number of hydrogen-bond acceptors (Lipinski definition) is 2. The van der Waals surface area contributed by atoms with Crippen molar-refractivity contribution >= 4 is 22.6 Å². The van der Waals surface area contributed by atoms with Crippen molar-refractivity contribution in [3.8, 4) is 0 Å². The van der Waals surface area contributed by atoms with Crippen molar-refractivity contribution in [2.75, 3.05) is 11.0 Å². The fraction of sp³-hybridized carbons (Fsp3) is 1.00. The summed E-state index contributed by atoms with van der Waals surface area (Å²) in [4.78, 5) is 0. The van der Waals surface area contributed by atoms with Crippen LogP contribution in [0.25, 0.3) is 0 Å². The minimum atomic E-state index is 0.0803. The van der Waals surface area contributed by atoms with E-state index in [0.717, 1.165) is 23.9 Å². The number of halogens is 1. The van der Waals surface area contributed by atoms with Crippen LogP contribution in [-0.4, -0.2) is 23.4 Å². The van der Waals surface area contributed by atoms with Crippen LogP contribution in [0.1, 0.15) is 32.6 Å². The second-order valence-corrected chi connectivity index (χ2v) is 4.30. The highest BCUT2D eigenvalue weighted by Gasteiger charge is 2.16. The van der Waals surface area contributed by atoms with Crippen molar-refractivity contribution in [1.29, 1.82) is 0 Å². The van der Waals surface area contributed by atoms with Crippen LogP contribution in [0, 0.1) is 0 Å². The van der Waals surface area contributed by atoms with E-state index in [4.69, 9.17) is 9.47 Å². The first-order chi connectivity index (χ1) is 5.83. The number of alkyl halides is 1. The lowest BCUT2D eigenvalue weighted by Gasteiger charge is -2.25. The van der Waals surface area contributed by atoms with E-state index in [0.29, 0.717) is 6.10 Å². The smallest absolute Gasteiger partial charge is 0.157 e. The molecule has 0 aromatic rings. The van der Waals surface area contributed by atoms with E-state index in [1.807, 2.05) is 0 Å². The van der Waals surface area contributed by atoms with Crippen LogP contribution in [0.4, 0.5) is 0 Å². The summed E-state index contributed by atoms with van der Waals surface area (Å²) >= 11 is 2.38. The molecule has 0 radical (unpaired) electrons. The molecule has 0 aromatic heterocycles. The lowest BCUT2D eigenvalue weighted by Crippen LogP contribution is -2.26. The Bertz CT molecular complexity index is 113. The third-order valence-corrected chi connectivity index (χ3v) is 2.66.